The van der Waals surface area contributed by atoms with E-state index in [0.29, 0.717) is 11.5 Å². The number of carbonyl (C=O) groups is 9. The average Bonchev–Trinajstić information content (AvgIpc) is 0.768. The largest absolute Gasteiger partial charge is 0.444 e. The summed E-state index contributed by atoms with van der Waals surface area (Å²) in [6.45, 7) is 45.9. The Morgan fingerprint density at radius 1 is 0.405 bits per heavy atom. The summed E-state index contributed by atoms with van der Waals surface area (Å²) in [4.78, 5) is 139. The first-order valence-electron chi connectivity index (χ1n) is 37.6. The van der Waals surface area contributed by atoms with Crippen LogP contribution >= 0.6 is 24.4 Å². The van der Waals surface area contributed by atoms with E-state index in [2.05, 4.69) is 92.3 Å². The molecule has 0 radical (unpaired) electrons. The Kier molecular flexibility index (Phi) is 38.0. The van der Waals surface area contributed by atoms with Crippen LogP contribution < -0.4 is 53.2 Å². The molecule has 0 aromatic carbocycles. The molecular weight excluding hydrogens is 1570 g/mol. The highest BCUT2D eigenvalue weighted by molar-refractivity contribution is 7.99. The molecule has 3 rings (SSSR count). The number of thioether (sulfide) groups is 1. The molecule has 14 N–H and O–H groups in total. The minimum Gasteiger partial charge on any atom is -0.444 e. The van der Waals surface area contributed by atoms with Gasteiger partial charge in [0.05, 0.1) is 49.6 Å². The Morgan fingerprint density at radius 3 is 1.13 bits per heavy atom. The first-order chi connectivity index (χ1) is 52.7. The maximum atomic E-state index is 14.0. The number of thiol groups is 1. The van der Waals surface area contributed by atoms with Crippen LogP contribution in [0.25, 0.3) is 0 Å². The number of hydrogen-bond donors (Lipinski definition) is 15. The minimum absolute atomic E-state index is 0.122. The molecule has 14 atom stereocenters. The molecule has 0 spiro atoms. The van der Waals surface area contributed by atoms with E-state index >= 15 is 0 Å². The van der Waals surface area contributed by atoms with Gasteiger partial charge in [0, 0.05) is 30.2 Å². The summed E-state index contributed by atoms with van der Waals surface area (Å²) in [7, 11) is 0. The molecule has 1 aliphatic carbocycles. The monoisotopic (exact) mass is 1700 g/mol. The summed E-state index contributed by atoms with van der Waals surface area (Å²) >= 11 is 5.43. The zero-order chi connectivity index (χ0) is 88.8. The number of aliphatic imine (C=N–C) groups is 4. The van der Waals surface area contributed by atoms with Crippen LogP contribution in [0.15, 0.2) is 32.4 Å². The number of hydrogen-bond acceptors (Lipinski definition) is 30. The van der Waals surface area contributed by atoms with Crippen LogP contribution in [-0.2, 0) is 66.3 Å². The van der Waals surface area contributed by atoms with Gasteiger partial charge in [-0.25, -0.2) is 43.2 Å². The van der Waals surface area contributed by atoms with Crippen molar-refractivity contribution in [3.8, 4) is 0 Å². The second-order valence-electron chi connectivity index (χ2n) is 35.9. The van der Waals surface area contributed by atoms with E-state index in [9.17, 15) is 63.6 Å². The number of rotatable bonds is 19. The zero-order valence-electron chi connectivity index (χ0n) is 71.8. The molecule has 1 saturated carbocycles. The van der Waals surface area contributed by atoms with Crippen LogP contribution in [0.5, 0.6) is 0 Å². The van der Waals surface area contributed by atoms with E-state index in [1.807, 2.05) is 0 Å². The Bertz CT molecular complexity index is 3450. The second-order valence-corrected chi connectivity index (χ2v) is 37.5. The lowest BCUT2D eigenvalue weighted by molar-refractivity contribution is -0.313. The third-order valence-corrected chi connectivity index (χ3v) is 15.2. The Labute approximate surface area is 688 Å². The lowest BCUT2D eigenvalue weighted by Crippen LogP contribution is -2.71. The van der Waals surface area contributed by atoms with Crippen molar-refractivity contribution in [1.29, 1.82) is 0 Å². The van der Waals surface area contributed by atoms with Crippen LogP contribution in [0.2, 0.25) is 0 Å². The fourth-order valence-corrected chi connectivity index (χ4v) is 11.2. The molecule has 116 heavy (non-hydrogen) atoms. The van der Waals surface area contributed by atoms with Gasteiger partial charge in [0.1, 0.15) is 92.9 Å². The summed E-state index contributed by atoms with van der Waals surface area (Å²) in [6, 6.07) is -6.55. The number of aliphatic hydroxyl groups is 4. The van der Waals surface area contributed by atoms with Gasteiger partial charge < -0.3 is 113 Å². The van der Waals surface area contributed by atoms with Crippen LogP contribution in [-0.4, -0.2) is 272 Å². The first kappa shape index (κ1) is 102. The predicted octanol–water partition coefficient (Wildman–Crippen LogP) is 6.81. The minimum atomic E-state index is -2.28. The molecule has 14 unspecified atom stereocenters. The number of guanidine groups is 4. The molecule has 43 heteroatoms. The van der Waals surface area contributed by atoms with Crippen molar-refractivity contribution < 1.29 is 130 Å². The SMILES string of the molecule is C=C(NC(=O)OC(C)(C)C)NC1CC(N/C(=N\C(=O)OC(C)(C)C)NC(=O)OC(C)(C)C)C(OC2OC(CSCCOCCS)C(O)C(N/C(=N/C(=O)OC(C)(C)C)NC(=O)OC(C)(C)C)C2O)C(O)C1OC1OC(CNC(=NC(=O)OC(C)(C)C)NC(=O)OC(C)(C)C)C(O)CC1N/C(=N\C(=O)OC(C)(C)C)NC(=O)OC(C)(C)C. The van der Waals surface area contributed by atoms with E-state index in [1.165, 1.54) is 32.5 Å². The number of nitrogens with zero attached hydrogens (tertiary/aromatic N) is 4. The Balaban J connectivity index is 2.67. The van der Waals surface area contributed by atoms with E-state index in [1.54, 1.807) is 166 Å². The summed E-state index contributed by atoms with van der Waals surface area (Å²) in [6.07, 6.45) is -30.7. The van der Waals surface area contributed by atoms with Crippen LogP contribution in [0.3, 0.4) is 0 Å². The Morgan fingerprint density at radius 2 is 0.741 bits per heavy atom. The fourth-order valence-electron chi connectivity index (χ4n) is 10.2. The molecule has 41 nitrogen and oxygen atoms in total. The van der Waals surface area contributed by atoms with Crippen molar-refractivity contribution in [2.45, 2.75) is 336 Å². The zero-order valence-corrected chi connectivity index (χ0v) is 73.5. The van der Waals surface area contributed by atoms with Crippen molar-refractivity contribution in [2.24, 2.45) is 20.0 Å². The van der Waals surface area contributed by atoms with Crippen molar-refractivity contribution in [2.75, 3.05) is 37.0 Å². The summed E-state index contributed by atoms with van der Waals surface area (Å²) in [5, 5.41) is 77.8. The van der Waals surface area contributed by atoms with Crippen molar-refractivity contribution in [3.05, 3.63) is 12.4 Å². The quantitative estimate of drug-likeness (QED) is 0.0208. The van der Waals surface area contributed by atoms with Gasteiger partial charge in [0.15, 0.2) is 12.6 Å². The average molecular weight is 1700 g/mol. The van der Waals surface area contributed by atoms with E-state index in [4.69, 9.17) is 66.3 Å². The smallest absolute Gasteiger partial charge is 0.437 e. The third kappa shape index (κ3) is 42.4. The molecule has 0 aromatic heterocycles. The number of nitrogens with one attached hydrogen (secondary N) is 10. The normalized spacial score (nSPS) is 24.3. The van der Waals surface area contributed by atoms with Gasteiger partial charge in [0.25, 0.3) is 0 Å². The molecule has 2 heterocycles. The highest BCUT2D eigenvalue weighted by Gasteiger charge is 2.54. The van der Waals surface area contributed by atoms with Gasteiger partial charge in [-0.1, -0.05) is 6.58 Å². The first-order valence-corrected chi connectivity index (χ1v) is 39.4. The standard InChI is InChI=1S/C73H128N14O27S2/c1-37(76-56(92)106-65(2,3)4)75-38-33-39(77-53(82-59(95)109-68(11,12)13)83-60(96)110-69(14,15)16)49(105-51-46(90)44(45(89)43(103-51)36-116-32-30-101-29-31-115)79-55(86-63(99)113-72(23,24)25)87-64(100)114-73(26,27)28)47(91)48(38)104-50-40(78-54(84-61(97)111-70(17,18)19)85-62(98)112-71(20,21)22)34-41(88)42(102-50)35-74-52(80-57(93)107-66(5,6)7)81-58(94)108-67(8,9)10/h38-51,75,88-91,115H,1,29-36H2,2-28H3,(H,76,92)(H2,74,80,81,93,94)(H2,77,82,83,95,96)(H2,78,84,85,97,98)(H2,79,86,87,99,100). The van der Waals surface area contributed by atoms with Gasteiger partial charge in [-0.15, -0.1) is 20.0 Å². The maximum absolute atomic E-state index is 14.0. The van der Waals surface area contributed by atoms with Crippen LogP contribution in [0.4, 0.5) is 43.2 Å². The van der Waals surface area contributed by atoms with Gasteiger partial charge in [-0.3, -0.25) is 26.6 Å². The van der Waals surface area contributed by atoms with Gasteiger partial charge >= 0.3 is 54.8 Å². The highest BCUT2D eigenvalue weighted by atomic mass is 32.2. The molecule has 2 saturated heterocycles. The number of carbonyl (C=O) groups excluding carboxylic acids is 9. The van der Waals surface area contributed by atoms with Crippen LogP contribution in [0.1, 0.15) is 200 Å². The lowest BCUT2D eigenvalue weighted by Gasteiger charge is -2.50. The Hall–Kier alpha value is -8.01. The molecule has 0 bridgehead atoms. The van der Waals surface area contributed by atoms with E-state index in [-0.39, 0.29) is 24.8 Å². The van der Waals surface area contributed by atoms with Crippen molar-refractivity contribution >= 4 is 103 Å². The number of alkyl carbamates (subject to hydrolysis) is 5. The van der Waals surface area contributed by atoms with E-state index < -0.39 is 234 Å². The number of aliphatic hydroxyl groups excluding tert-OH is 4. The summed E-state index contributed by atoms with van der Waals surface area (Å²) in [5.41, 5.74) is -10.3. The molecule has 3 fully saturated rings. The maximum Gasteiger partial charge on any atom is 0.437 e. The van der Waals surface area contributed by atoms with Crippen molar-refractivity contribution in [1.82, 2.24) is 53.2 Å². The van der Waals surface area contributed by atoms with Crippen LogP contribution in [0, 0.1) is 0 Å². The van der Waals surface area contributed by atoms with Gasteiger partial charge in [-0.2, -0.15) is 24.4 Å². The third-order valence-electron chi connectivity index (χ3n) is 14.0. The lowest BCUT2D eigenvalue weighted by atomic mass is 9.83. The fraction of sp³-hybridized carbons (Fsp3) is 0.795. The number of ether oxygens (including phenoxy) is 14. The molecule has 3 aliphatic rings. The summed E-state index contributed by atoms with van der Waals surface area (Å²) in [5.74, 6) is -2.48. The van der Waals surface area contributed by atoms with E-state index in [0.717, 1.165) is 0 Å². The molecule has 664 valence electrons. The summed E-state index contributed by atoms with van der Waals surface area (Å²) < 4.78 is 82.4. The molecular formula is C73H128N14O27S2. The van der Waals surface area contributed by atoms with Gasteiger partial charge in [0.2, 0.25) is 23.8 Å². The van der Waals surface area contributed by atoms with Crippen molar-refractivity contribution in [3.63, 3.8) is 0 Å². The molecule has 0 aromatic rings. The topological polar surface area (TPSA) is 534 Å². The highest BCUT2D eigenvalue weighted by Crippen LogP contribution is 2.35. The van der Waals surface area contributed by atoms with Gasteiger partial charge in [-0.05, 0) is 193 Å². The molecule has 9 amide bonds. The number of amides is 9. The second kappa shape index (κ2) is 43.1. The molecule has 2 aliphatic heterocycles. The predicted molar refractivity (Wildman–Crippen MR) is 429 cm³/mol.